The molecule has 7 nitrogen and oxygen atoms in total. The molecule has 0 bridgehead atoms. The molecule has 1 aliphatic rings. The molecule has 0 amide bonds. The first kappa shape index (κ1) is 17.9. The molecule has 0 radical (unpaired) electrons. The van der Waals surface area contributed by atoms with E-state index < -0.39 is 10.0 Å². The molecule has 8 heteroatoms. The minimum Gasteiger partial charge on any atom is -0.356 e. The van der Waals surface area contributed by atoms with Gasteiger partial charge in [0.25, 0.3) is 0 Å². The standard InChI is InChI=1S/C19H23N5O2S/c1-3-13-5-4-6-16(9-13)27(25,26)23-14-10-15(11-14)24(2)19-17-7-8-20-18(17)21-12-22-19/h4-9,12,14-15,23H,3,10-11H2,1-2H3,(H,20,21,22). The molecule has 0 aliphatic heterocycles. The molecule has 2 N–H and O–H groups in total. The summed E-state index contributed by atoms with van der Waals surface area (Å²) < 4.78 is 28.1. The van der Waals surface area contributed by atoms with Gasteiger partial charge in [-0.1, -0.05) is 19.1 Å². The number of hydrogen-bond acceptors (Lipinski definition) is 5. The average Bonchev–Trinajstić information content (AvgIpc) is 3.12. The maximum Gasteiger partial charge on any atom is 0.240 e. The first-order valence-corrected chi connectivity index (χ1v) is 10.6. The fourth-order valence-electron chi connectivity index (χ4n) is 3.53. The number of anilines is 1. The maximum atomic E-state index is 12.6. The van der Waals surface area contributed by atoms with Crippen molar-refractivity contribution in [1.82, 2.24) is 19.7 Å². The third kappa shape index (κ3) is 3.42. The highest BCUT2D eigenvalue weighted by atomic mass is 32.2. The molecule has 1 saturated carbocycles. The maximum absolute atomic E-state index is 12.6. The van der Waals surface area contributed by atoms with Gasteiger partial charge in [-0.25, -0.2) is 23.1 Å². The lowest BCUT2D eigenvalue weighted by atomic mass is 9.86. The fraction of sp³-hybridized carbons (Fsp3) is 0.368. The van der Waals surface area contributed by atoms with Crippen molar-refractivity contribution in [3.63, 3.8) is 0 Å². The summed E-state index contributed by atoms with van der Waals surface area (Å²) in [5.74, 6) is 0.864. The average molecular weight is 385 g/mol. The molecule has 27 heavy (non-hydrogen) atoms. The van der Waals surface area contributed by atoms with E-state index in [4.69, 9.17) is 0 Å². The number of aryl methyl sites for hydroxylation is 1. The number of nitrogens with zero attached hydrogens (tertiary/aromatic N) is 3. The van der Waals surface area contributed by atoms with Gasteiger partial charge < -0.3 is 9.88 Å². The van der Waals surface area contributed by atoms with Gasteiger partial charge in [-0.2, -0.15) is 0 Å². The number of H-pyrrole nitrogens is 1. The molecular formula is C19H23N5O2S. The SMILES string of the molecule is CCc1cccc(S(=O)(=O)NC2CC(N(C)c3ncnc4[nH]ccc34)C2)c1. The van der Waals surface area contributed by atoms with Crippen LogP contribution in [0.25, 0.3) is 11.0 Å². The number of aromatic amines is 1. The minimum atomic E-state index is -3.49. The van der Waals surface area contributed by atoms with Gasteiger partial charge in [-0.3, -0.25) is 0 Å². The molecule has 1 fully saturated rings. The first-order chi connectivity index (χ1) is 13.0. The second-order valence-electron chi connectivity index (χ2n) is 6.99. The van der Waals surface area contributed by atoms with Crippen molar-refractivity contribution in [3.8, 4) is 0 Å². The molecule has 2 heterocycles. The fourth-order valence-corrected chi connectivity index (χ4v) is 4.86. The van der Waals surface area contributed by atoms with Gasteiger partial charge in [0.1, 0.15) is 17.8 Å². The molecule has 0 unspecified atom stereocenters. The third-order valence-electron chi connectivity index (χ3n) is 5.27. The van der Waals surface area contributed by atoms with Crippen LogP contribution in [0.4, 0.5) is 5.82 Å². The Labute approximate surface area is 158 Å². The molecule has 4 rings (SSSR count). The van der Waals surface area contributed by atoms with E-state index in [0.717, 1.165) is 41.7 Å². The van der Waals surface area contributed by atoms with Crippen LogP contribution in [0.5, 0.6) is 0 Å². The summed E-state index contributed by atoms with van der Waals surface area (Å²) in [6.07, 6.45) is 5.70. The highest BCUT2D eigenvalue weighted by Crippen LogP contribution is 2.31. The largest absolute Gasteiger partial charge is 0.356 e. The van der Waals surface area contributed by atoms with Gasteiger partial charge in [0.05, 0.1) is 10.3 Å². The molecule has 1 aromatic carbocycles. The summed E-state index contributed by atoms with van der Waals surface area (Å²) in [6, 6.07) is 9.27. The Morgan fingerprint density at radius 2 is 2.07 bits per heavy atom. The van der Waals surface area contributed by atoms with Crippen LogP contribution in [-0.4, -0.2) is 42.5 Å². The molecule has 0 atom stereocenters. The van der Waals surface area contributed by atoms with Crippen LogP contribution in [0.2, 0.25) is 0 Å². The number of sulfonamides is 1. The second kappa shape index (κ2) is 6.94. The Kier molecular flexibility index (Phi) is 4.61. The van der Waals surface area contributed by atoms with Crippen molar-refractivity contribution in [2.24, 2.45) is 0 Å². The highest BCUT2D eigenvalue weighted by molar-refractivity contribution is 7.89. The van der Waals surface area contributed by atoms with Crippen LogP contribution < -0.4 is 9.62 Å². The summed E-state index contributed by atoms with van der Waals surface area (Å²) in [4.78, 5) is 14.2. The zero-order chi connectivity index (χ0) is 19.0. The van der Waals surface area contributed by atoms with Crippen molar-refractivity contribution in [2.45, 2.75) is 43.2 Å². The normalized spacial score (nSPS) is 19.8. The first-order valence-electron chi connectivity index (χ1n) is 9.10. The Bertz CT molecular complexity index is 1060. The summed E-state index contributed by atoms with van der Waals surface area (Å²) >= 11 is 0. The monoisotopic (exact) mass is 385 g/mol. The van der Waals surface area contributed by atoms with Gasteiger partial charge in [-0.15, -0.1) is 0 Å². The van der Waals surface area contributed by atoms with Gasteiger partial charge >= 0.3 is 0 Å². The van der Waals surface area contributed by atoms with E-state index in [1.807, 2.05) is 32.3 Å². The lowest BCUT2D eigenvalue weighted by Gasteiger charge is -2.41. The van der Waals surface area contributed by atoms with E-state index in [0.29, 0.717) is 4.90 Å². The van der Waals surface area contributed by atoms with Crippen LogP contribution >= 0.6 is 0 Å². The molecule has 2 aromatic heterocycles. The van der Waals surface area contributed by atoms with E-state index in [2.05, 4.69) is 24.6 Å². The van der Waals surface area contributed by atoms with Crippen LogP contribution in [0.3, 0.4) is 0 Å². The lowest BCUT2D eigenvalue weighted by molar-refractivity contribution is 0.316. The van der Waals surface area contributed by atoms with E-state index >= 15 is 0 Å². The zero-order valence-electron chi connectivity index (χ0n) is 15.4. The van der Waals surface area contributed by atoms with Gasteiger partial charge in [-0.05, 0) is 43.0 Å². The van der Waals surface area contributed by atoms with Crippen LogP contribution in [0.1, 0.15) is 25.3 Å². The lowest BCUT2D eigenvalue weighted by Crippen LogP contribution is -2.53. The predicted molar refractivity (Wildman–Crippen MR) is 105 cm³/mol. The van der Waals surface area contributed by atoms with E-state index in [-0.39, 0.29) is 12.1 Å². The topological polar surface area (TPSA) is 91.0 Å². The van der Waals surface area contributed by atoms with E-state index in [1.54, 1.807) is 24.5 Å². The third-order valence-corrected chi connectivity index (χ3v) is 6.78. The molecule has 142 valence electrons. The van der Waals surface area contributed by atoms with Crippen molar-refractivity contribution < 1.29 is 8.42 Å². The quantitative estimate of drug-likeness (QED) is 0.680. The highest BCUT2D eigenvalue weighted by Gasteiger charge is 2.36. The summed E-state index contributed by atoms with van der Waals surface area (Å²) in [5.41, 5.74) is 1.82. The number of fused-ring (bicyclic) bond motifs is 1. The van der Waals surface area contributed by atoms with E-state index in [1.165, 1.54) is 0 Å². The Balaban J connectivity index is 1.42. The minimum absolute atomic E-state index is 0.0590. The van der Waals surface area contributed by atoms with Gasteiger partial charge in [0.15, 0.2) is 0 Å². The predicted octanol–water partition coefficient (Wildman–Crippen LogP) is 2.47. The number of nitrogens with one attached hydrogen (secondary N) is 2. The number of benzene rings is 1. The molecular weight excluding hydrogens is 362 g/mol. The van der Waals surface area contributed by atoms with E-state index in [9.17, 15) is 8.42 Å². The number of rotatable bonds is 6. The molecule has 3 aromatic rings. The molecule has 1 aliphatic carbocycles. The van der Waals surface area contributed by atoms with Gasteiger partial charge in [0, 0.05) is 25.3 Å². The Morgan fingerprint density at radius 1 is 1.26 bits per heavy atom. The number of aromatic nitrogens is 3. The van der Waals surface area contributed by atoms with Crippen LogP contribution in [0, 0.1) is 0 Å². The Hall–Kier alpha value is -2.45. The van der Waals surface area contributed by atoms with Crippen molar-refractivity contribution in [3.05, 3.63) is 48.4 Å². The Morgan fingerprint density at radius 3 is 2.85 bits per heavy atom. The number of hydrogen-bond donors (Lipinski definition) is 2. The second-order valence-corrected chi connectivity index (χ2v) is 8.71. The van der Waals surface area contributed by atoms with Crippen LogP contribution in [-0.2, 0) is 16.4 Å². The van der Waals surface area contributed by atoms with Crippen LogP contribution in [0.15, 0.2) is 47.8 Å². The molecule has 0 saturated heterocycles. The van der Waals surface area contributed by atoms with Gasteiger partial charge in [0.2, 0.25) is 10.0 Å². The van der Waals surface area contributed by atoms with Crippen molar-refractivity contribution >= 4 is 26.9 Å². The smallest absolute Gasteiger partial charge is 0.240 e. The molecule has 0 spiro atoms. The zero-order valence-corrected chi connectivity index (χ0v) is 16.2. The summed E-state index contributed by atoms with van der Waals surface area (Å²) in [7, 11) is -1.50. The van der Waals surface area contributed by atoms with Crippen molar-refractivity contribution in [1.29, 1.82) is 0 Å². The summed E-state index contributed by atoms with van der Waals surface area (Å²) in [6.45, 7) is 2.01. The summed E-state index contributed by atoms with van der Waals surface area (Å²) in [5, 5.41) is 0.973. The van der Waals surface area contributed by atoms with Crippen molar-refractivity contribution in [2.75, 3.05) is 11.9 Å².